The molecule has 0 saturated carbocycles. The first kappa shape index (κ1) is 21.6. The zero-order valence-corrected chi connectivity index (χ0v) is 18.1. The number of nitrogens with zero attached hydrogens (tertiary/aromatic N) is 3. The van der Waals surface area contributed by atoms with Crippen molar-refractivity contribution in [2.45, 2.75) is 33.3 Å². The number of nitrogens with one attached hydrogen (secondary N) is 1. The van der Waals surface area contributed by atoms with Crippen LogP contribution in [0, 0.1) is 6.92 Å². The van der Waals surface area contributed by atoms with Crippen molar-refractivity contribution in [3.8, 4) is 5.75 Å². The maximum Gasteiger partial charge on any atom is 0.321 e. The van der Waals surface area contributed by atoms with Crippen molar-refractivity contribution in [1.82, 2.24) is 15.0 Å². The van der Waals surface area contributed by atoms with Gasteiger partial charge in [0.05, 0.1) is 10.7 Å². The van der Waals surface area contributed by atoms with Crippen LogP contribution in [-0.4, -0.2) is 34.7 Å². The highest BCUT2D eigenvalue weighted by molar-refractivity contribution is 6.33. The molecule has 1 heterocycles. The SMILES string of the molecule is CCc1ccc(OCc2nc(CCN(C)C(=O)Nc3ccc(C)cc3Cl)no2)cc1. The lowest BCUT2D eigenvalue weighted by atomic mass is 10.2. The number of aromatic nitrogens is 2. The maximum absolute atomic E-state index is 12.4. The van der Waals surface area contributed by atoms with Crippen LogP contribution < -0.4 is 10.1 Å². The molecule has 0 aliphatic rings. The van der Waals surface area contributed by atoms with E-state index in [0.717, 1.165) is 17.7 Å². The predicted octanol–water partition coefficient (Wildman–Crippen LogP) is 4.88. The van der Waals surface area contributed by atoms with Gasteiger partial charge in [-0.1, -0.05) is 41.9 Å². The Kier molecular flexibility index (Phi) is 7.30. The van der Waals surface area contributed by atoms with Crippen molar-refractivity contribution < 1.29 is 14.1 Å². The standard InChI is InChI=1S/C22H25ClN4O3/c1-4-16-6-8-17(9-7-16)29-14-21-25-20(26-30-21)11-12-27(3)22(28)24-19-10-5-15(2)13-18(19)23/h5-10,13H,4,11-12,14H2,1-3H3,(H,24,28). The van der Waals surface area contributed by atoms with Crippen molar-refractivity contribution >= 4 is 23.3 Å². The van der Waals surface area contributed by atoms with Gasteiger partial charge in [0.25, 0.3) is 5.89 Å². The summed E-state index contributed by atoms with van der Waals surface area (Å²) in [6.07, 6.45) is 1.44. The van der Waals surface area contributed by atoms with Crippen LogP contribution >= 0.6 is 11.6 Å². The van der Waals surface area contributed by atoms with Gasteiger partial charge in [0, 0.05) is 20.0 Å². The van der Waals surface area contributed by atoms with Crippen LogP contribution in [0.25, 0.3) is 0 Å². The third-order valence-electron chi connectivity index (χ3n) is 4.59. The Hall–Kier alpha value is -3.06. The minimum atomic E-state index is -0.261. The summed E-state index contributed by atoms with van der Waals surface area (Å²) in [5, 5.41) is 7.25. The first-order valence-corrected chi connectivity index (χ1v) is 10.1. The van der Waals surface area contributed by atoms with Gasteiger partial charge in [-0.05, 0) is 48.7 Å². The molecule has 0 aliphatic carbocycles. The summed E-state index contributed by atoms with van der Waals surface area (Å²) in [5.74, 6) is 1.66. The second-order valence-electron chi connectivity index (χ2n) is 6.98. The molecule has 0 aliphatic heterocycles. The molecule has 0 unspecified atom stereocenters. The molecule has 1 N–H and O–H groups in total. The van der Waals surface area contributed by atoms with Gasteiger partial charge in [-0.3, -0.25) is 0 Å². The largest absolute Gasteiger partial charge is 0.484 e. The van der Waals surface area contributed by atoms with Crippen LogP contribution in [-0.2, 0) is 19.4 Å². The zero-order chi connectivity index (χ0) is 21.5. The van der Waals surface area contributed by atoms with Gasteiger partial charge in [0.1, 0.15) is 5.75 Å². The number of aryl methyl sites for hydroxylation is 2. The highest BCUT2D eigenvalue weighted by Gasteiger charge is 2.13. The molecule has 0 saturated heterocycles. The molecule has 30 heavy (non-hydrogen) atoms. The summed E-state index contributed by atoms with van der Waals surface area (Å²) >= 11 is 6.17. The first-order valence-electron chi connectivity index (χ1n) is 9.76. The van der Waals surface area contributed by atoms with Gasteiger partial charge in [-0.15, -0.1) is 0 Å². The molecular weight excluding hydrogens is 404 g/mol. The summed E-state index contributed by atoms with van der Waals surface area (Å²) in [6, 6.07) is 13.1. The molecule has 2 amide bonds. The van der Waals surface area contributed by atoms with Crippen molar-refractivity contribution in [3.05, 3.63) is 70.3 Å². The average molecular weight is 429 g/mol. The normalized spacial score (nSPS) is 10.7. The number of carbonyl (C=O) groups is 1. The molecule has 8 heteroatoms. The number of likely N-dealkylation sites (N-methyl/N-ethyl adjacent to an activating group) is 1. The predicted molar refractivity (Wildman–Crippen MR) is 116 cm³/mol. The Balaban J connectivity index is 1.46. The third-order valence-corrected chi connectivity index (χ3v) is 4.90. The van der Waals surface area contributed by atoms with E-state index in [-0.39, 0.29) is 12.6 Å². The Labute approximate surface area is 181 Å². The lowest BCUT2D eigenvalue weighted by molar-refractivity contribution is 0.222. The topological polar surface area (TPSA) is 80.5 Å². The van der Waals surface area contributed by atoms with E-state index in [4.69, 9.17) is 20.9 Å². The summed E-state index contributed by atoms with van der Waals surface area (Å²) < 4.78 is 10.9. The monoisotopic (exact) mass is 428 g/mol. The maximum atomic E-state index is 12.4. The number of halogens is 1. The van der Waals surface area contributed by atoms with E-state index in [1.165, 1.54) is 10.5 Å². The molecule has 1 aromatic heterocycles. The van der Waals surface area contributed by atoms with E-state index in [9.17, 15) is 4.79 Å². The lowest BCUT2D eigenvalue weighted by Gasteiger charge is -2.17. The number of anilines is 1. The Morgan fingerprint density at radius 3 is 2.70 bits per heavy atom. The Bertz CT molecular complexity index is 988. The lowest BCUT2D eigenvalue weighted by Crippen LogP contribution is -2.33. The molecule has 0 fully saturated rings. The smallest absolute Gasteiger partial charge is 0.321 e. The number of benzene rings is 2. The molecule has 0 spiro atoms. The molecule has 7 nitrogen and oxygen atoms in total. The zero-order valence-electron chi connectivity index (χ0n) is 17.3. The highest BCUT2D eigenvalue weighted by atomic mass is 35.5. The number of hydrogen-bond donors (Lipinski definition) is 1. The van der Waals surface area contributed by atoms with Gasteiger partial charge in [0.15, 0.2) is 12.4 Å². The van der Waals surface area contributed by atoms with Crippen LogP contribution in [0.15, 0.2) is 47.0 Å². The number of rotatable bonds is 8. The quantitative estimate of drug-likeness (QED) is 0.553. The fraction of sp³-hybridized carbons (Fsp3) is 0.318. The van der Waals surface area contributed by atoms with Gasteiger partial charge in [-0.2, -0.15) is 4.98 Å². The minimum Gasteiger partial charge on any atom is -0.484 e. The molecule has 3 aromatic rings. The van der Waals surface area contributed by atoms with E-state index in [2.05, 4.69) is 22.4 Å². The number of amides is 2. The van der Waals surface area contributed by atoms with E-state index in [1.807, 2.05) is 37.3 Å². The molecule has 0 atom stereocenters. The summed E-state index contributed by atoms with van der Waals surface area (Å²) in [7, 11) is 1.70. The van der Waals surface area contributed by atoms with Crippen molar-refractivity contribution in [2.75, 3.05) is 18.9 Å². The number of urea groups is 1. The van der Waals surface area contributed by atoms with Crippen molar-refractivity contribution in [3.63, 3.8) is 0 Å². The van der Waals surface area contributed by atoms with Crippen molar-refractivity contribution in [1.29, 1.82) is 0 Å². The van der Waals surface area contributed by atoms with Crippen molar-refractivity contribution in [2.24, 2.45) is 0 Å². The van der Waals surface area contributed by atoms with Gasteiger partial charge in [-0.25, -0.2) is 4.79 Å². The third kappa shape index (κ3) is 5.97. The average Bonchev–Trinajstić information content (AvgIpc) is 3.20. The van der Waals surface area contributed by atoms with E-state index in [1.54, 1.807) is 19.2 Å². The molecule has 3 rings (SSSR count). The summed E-state index contributed by atoms with van der Waals surface area (Å²) in [5.41, 5.74) is 2.85. The molecule has 0 bridgehead atoms. The number of hydrogen-bond acceptors (Lipinski definition) is 5. The molecular formula is C22H25ClN4O3. The van der Waals surface area contributed by atoms with E-state index < -0.39 is 0 Å². The number of carbonyl (C=O) groups excluding carboxylic acids is 1. The van der Waals surface area contributed by atoms with Gasteiger partial charge in [0.2, 0.25) is 0 Å². The van der Waals surface area contributed by atoms with E-state index in [0.29, 0.717) is 35.4 Å². The van der Waals surface area contributed by atoms with Crippen LogP contribution in [0.1, 0.15) is 29.8 Å². The van der Waals surface area contributed by atoms with Crippen LogP contribution in [0.2, 0.25) is 5.02 Å². The van der Waals surface area contributed by atoms with Gasteiger partial charge >= 0.3 is 6.03 Å². The first-order chi connectivity index (χ1) is 14.4. The minimum absolute atomic E-state index is 0.195. The second-order valence-corrected chi connectivity index (χ2v) is 7.38. The van der Waals surface area contributed by atoms with Crippen LogP contribution in [0.3, 0.4) is 0 Å². The number of ether oxygens (including phenoxy) is 1. The molecule has 0 radical (unpaired) electrons. The van der Waals surface area contributed by atoms with E-state index >= 15 is 0 Å². The fourth-order valence-electron chi connectivity index (χ4n) is 2.72. The Morgan fingerprint density at radius 1 is 1.23 bits per heavy atom. The van der Waals surface area contributed by atoms with Gasteiger partial charge < -0.3 is 19.5 Å². The summed E-state index contributed by atoms with van der Waals surface area (Å²) in [4.78, 5) is 18.2. The Morgan fingerprint density at radius 2 is 2.00 bits per heavy atom. The highest BCUT2D eigenvalue weighted by Crippen LogP contribution is 2.23. The molecule has 2 aromatic carbocycles. The fourth-order valence-corrected chi connectivity index (χ4v) is 3.00. The van der Waals surface area contributed by atoms with Crippen LogP contribution in [0.5, 0.6) is 5.75 Å². The molecule has 158 valence electrons. The van der Waals surface area contributed by atoms with Crippen LogP contribution in [0.4, 0.5) is 10.5 Å². The second kappa shape index (κ2) is 10.1. The summed E-state index contributed by atoms with van der Waals surface area (Å²) in [6.45, 7) is 4.67.